The van der Waals surface area contributed by atoms with Crippen LogP contribution in [0.4, 0.5) is 0 Å². The van der Waals surface area contributed by atoms with E-state index in [1.165, 1.54) is 5.56 Å². The van der Waals surface area contributed by atoms with Gasteiger partial charge in [0.25, 0.3) is 5.91 Å². The molecule has 1 atom stereocenters. The molecule has 0 spiro atoms. The number of hydrogen-bond acceptors (Lipinski definition) is 3. The second kappa shape index (κ2) is 4.70. The summed E-state index contributed by atoms with van der Waals surface area (Å²) in [6, 6.07) is 8.04. The average Bonchev–Trinajstić information content (AvgIpc) is 3.05. The van der Waals surface area contributed by atoms with Crippen molar-refractivity contribution in [3.8, 4) is 0 Å². The van der Waals surface area contributed by atoms with Crippen molar-refractivity contribution in [3.63, 3.8) is 0 Å². The maximum atomic E-state index is 12.4. The first-order valence-electron chi connectivity index (χ1n) is 6.63. The third-order valence-electron chi connectivity index (χ3n) is 3.78. The van der Waals surface area contributed by atoms with Gasteiger partial charge in [-0.25, -0.2) is 0 Å². The number of nitrogens with one attached hydrogen (secondary N) is 1. The molecule has 1 aliphatic rings. The zero-order valence-corrected chi connectivity index (χ0v) is 11.3. The molecular weight excluding hydrogens is 240 g/mol. The summed E-state index contributed by atoms with van der Waals surface area (Å²) in [4.78, 5) is 14.2. The van der Waals surface area contributed by atoms with Crippen molar-refractivity contribution in [2.24, 2.45) is 0 Å². The molecule has 1 aromatic heterocycles. The first kappa shape index (κ1) is 12.2. The molecule has 1 N–H and O–H groups in total. The lowest BCUT2D eigenvalue weighted by Gasteiger charge is -2.22. The van der Waals surface area contributed by atoms with Crippen LogP contribution < -0.4 is 5.32 Å². The molecule has 1 fully saturated rings. The fraction of sp³-hybridized carbons (Fsp3) is 0.400. The number of amides is 1. The lowest BCUT2D eigenvalue weighted by molar-refractivity contribution is 0.0714. The zero-order valence-electron chi connectivity index (χ0n) is 11.3. The Kier molecular flexibility index (Phi) is 3.03. The van der Waals surface area contributed by atoms with Crippen molar-refractivity contribution in [2.75, 3.05) is 20.1 Å². The van der Waals surface area contributed by atoms with E-state index in [0.717, 1.165) is 30.5 Å². The number of nitrogens with zero attached hydrogens (tertiary/aromatic N) is 1. The fourth-order valence-electron chi connectivity index (χ4n) is 2.58. The van der Waals surface area contributed by atoms with E-state index in [1.54, 1.807) is 4.90 Å². The minimum atomic E-state index is -0.0393. The molecular formula is C15H18N2O2. The SMILES string of the molecule is Cc1ccc2oc(C(=O)N(C)C3CCNC3)cc2c1. The topological polar surface area (TPSA) is 45.5 Å². The van der Waals surface area contributed by atoms with Crippen molar-refractivity contribution in [1.82, 2.24) is 10.2 Å². The molecule has 0 aliphatic carbocycles. The predicted octanol–water partition coefficient (Wildman–Crippen LogP) is 2.18. The predicted molar refractivity (Wildman–Crippen MR) is 74.3 cm³/mol. The fourth-order valence-corrected chi connectivity index (χ4v) is 2.58. The largest absolute Gasteiger partial charge is 0.451 e. The van der Waals surface area contributed by atoms with Crippen LogP contribution >= 0.6 is 0 Å². The molecule has 1 amide bonds. The number of carbonyl (C=O) groups is 1. The minimum Gasteiger partial charge on any atom is -0.451 e. The molecule has 100 valence electrons. The summed E-state index contributed by atoms with van der Waals surface area (Å²) in [5.74, 6) is 0.387. The highest BCUT2D eigenvalue weighted by Crippen LogP contribution is 2.22. The van der Waals surface area contributed by atoms with Crippen LogP contribution in [-0.2, 0) is 0 Å². The quantitative estimate of drug-likeness (QED) is 0.898. The van der Waals surface area contributed by atoms with Gasteiger partial charge < -0.3 is 14.6 Å². The van der Waals surface area contributed by atoms with Crippen molar-refractivity contribution < 1.29 is 9.21 Å². The summed E-state index contributed by atoms with van der Waals surface area (Å²) in [6.07, 6.45) is 1.00. The van der Waals surface area contributed by atoms with E-state index in [1.807, 2.05) is 38.2 Å². The van der Waals surface area contributed by atoms with Gasteiger partial charge in [0.15, 0.2) is 5.76 Å². The van der Waals surface area contributed by atoms with Crippen LogP contribution in [-0.4, -0.2) is 37.0 Å². The molecule has 1 unspecified atom stereocenters. The molecule has 19 heavy (non-hydrogen) atoms. The van der Waals surface area contributed by atoms with Crippen LogP contribution in [0.1, 0.15) is 22.5 Å². The van der Waals surface area contributed by atoms with Gasteiger partial charge in [-0.05, 0) is 38.1 Å². The van der Waals surface area contributed by atoms with E-state index in [-0.39, 0.29) is 11.9 Å². The van der Waals surface area contributed by atoms with E-state index < -0.39 is 0 Å². The molecule has 2 heterocycles. The van der Waals surface area contributed by atoms with E-state index in [0.29, 0.717) is 5.76 Å². The van der Waals surface area contributed by atoms with Gasteiger partial charge in [0, 0.05) is 25.0 Å². The van der Waals surface area contributed by atoms with Crippen molar-refractivity contribution in [2.45, 2.75) is 19.4 Å². The first-order chi connectivity index (χ1) is 9.15. The minimum absolute atomic E-state index is 0.0393. The Morgan fingerprint density at radius 3 is 3.00 bits per heavy atom. The van der Waals surface area contributed by atoms with Gasteiger partial charge in [-0.3, -0.25) is 4.79 Å². The monoisotopic (exact) mass is 258 g/mol. The van der Waals surface area contributed by atoms with Gasteiger partial charge in [-0.15, -0.1) is 0 Å². The molecule has 0 saturated carbocycles. The summed E-state index contributed by atoms with van der Waals surface area (Å²) in [7, 11) is 1.85. The van der Waals surface area contributed by atoms with E-state index >= 15 is 0 Å². The summed E-state index contributed by atoms with van der Waals surface area (Å²) in [5, 5.41) is 4.26. The van der Waals surface area contributed by atoms with Gasteiger partial charge >= 0.3 is 0 Å². The van der Waals surface area contributed by atoms with Crippen LogP contribution in [0.5, 0.6) is 0 Å². The van der Waals surface area contributed by atoms with Crippen LogP contribution in [0, 0.1) is 6.92 Å². The lowest BCUT2D eigenvalue weighted by atomic mass is 10.2. The van der Waals surface area contributed by atoms with E-state index in [9.17, 15) is 4.79 Å². The summed E-state index contributed by atoms with van der Waals surface area (Å²) >= 11 is 0. The summed E-state index contributed by atoms with van der Waals surface area (Å²) < 4.78 is 5.65. The summed E-state index contributed by atoms with van der Waals surface area (Å²) in [5.41, 5.74) is 1.94. The second-order valence-electron chi connectivity index (χ2n) is 5.21. The Labute approximate surface area is 112 Å². The maximum absolute atomic E-state index is 12.4. The molecule has 2 aromatic rings. The molecule has 4 heteroatoms. The summed E-state index contributed by atoms with van der Waals surface area (Å²) in [6.45, 7) is 3.87. The Balaban J connectivity index is 1.88. The van der Waals surface area contributed by atoms with Gasteiger partial charge in [0.2, 0.25) is 0 Å². The van der Waals surface area contributed by atoms with Crippen LogP contribution in [0.25, 0.3) is 11.0 Å². The molecule has 1 aliphatic heterocycles. The number of carbonyl (C=O) groups excluding carboxylic acids is 1. The number of benzene rings is 1. The Hall–Kier alpha value is -1.81. The van der Waals surface area contributed by atoms with Crippen molar-refractivity contribution >= 4 is 16.9 Å². The van der Waals surface area contributed by atoms with E-state index in [4.69, 9.17) is 4.42 Å². The standard InChI is InChI=1S/C15H18N2O2/c1-10-3-4-13-11(7-10)8-14(19-13)15(18)17(2)12-5-6-16-9-12/h3-4,7-8,12,16H,5-6,9H2,1-2H3. The number of hydrogen-bond donors (Lipinski definition) is 1. The van der Waals surface area contributed by atoms with Gasteiger partial charge in [-0.1, -0.05) is 11.6 Å². The number of rotatable bonds is 2. The van der Waals surface area contributed by atoms with Crippen LogP contribution in [0.15, 0.2) is 28.7 Å². The van der Waals surface area contributed by atoms with Crippen molar-refractivity contribution in [3.05, 3.63) is 35.6 Å². The Morgan fingerprint density at radius 1 is 1.42 bits per heavy atom. The average molecular weight is 258 g/mol. The number of likely N-dealkylation sites (N-methyl/N-ethyl adjacent to an activating group) is 1. The highest BCUT2D eigenvalue weighted by Gasteiger charge is 2.26. The molecule has 3 rings (SSSR count). The third-order valence-corrected chi connectivity index (χ3v) is 3.78. The number of aryl methyl sites for hydroxylation is 1. The van der Waals surface area contributed by atoms with E-state index in [2.05, 4.69) is 5.32 Å². The highest BCUT2D eigenvalue weighted by molar-refractivity contribution is 5.96. The molecule has 4 nitrogen and oxygen atoms in total. The maximum Gasteiger partial charge on any atom is 0.289 e. The number of furan rings is 1. The highest BCUT2D eigenvalue weighted by atomic mass is 16.3. The zero-order chi connectivity index (χ0) is 13.4. The van der Waals surface area contributed by atoms with Crippen LogP contribution in [0.2, 0.25) is 0 Å². The lowest BCUT2D eigenvalue weighted by Crippen LogP contribution is -2.38. The smallest absolute Gasteiger partial charge is 0.289 e. The molecule has 1 saturated heterocycles. The van der Waals surface area contributed by atoms with Crippen LogP contribution in [0.3, 0.4) is 0 Å². The van der Waals surface area contributed by atoms with Gasteiger partial charge in [0.1, 0.15) is 5.58 Å². The third kappa shape index (κ3) is 2.24. The molecule has 0 bridgehead atoms. The number of fused-ring (bicyclic) bond motifs is 1. The Morgan fingerprint density at radius 2 is 2.26 bits per heavy atom. The van der Waals surface area contributed by atoms with Gasteiger partial charge in [-0.2, -0.15) is 0 Å². The normalized spacial score (nSPS) is 18.9. The molecule has 0 radical (unpaired) electrons. The Bertz CT molecular complexity index is 612. The van der Waals surface area contributed by atoms with Crippen molar-refractivity contribution in [1.29, 1.82) is 0 Å². The second-order valence-corrected chi connectivity index (χ2v) is 5.21. The van der Waals surface area contributed by atoms with Gasteiger partial charge in [0.05, 0.1) is 0 Å². The first-order valence-corrected chi connectivity index (χ1v) is 6.63. The molecule has 1 aromatic carbocycles.